The van der Waals surface area contributed by atoms with Gasteiger partial charge in [-0.05, 0) is 53.1 Å². The monoisotopic (exact) mass is 355 g/mol. The molecule has 1 N–H and O–H groups in total. The number of aromatic nitrogens is 2. The lowest BCUT2D eigenvalue weighted by Gasteiger charge is -2.13. The Hall–Kier alpha value is -1.04. The summed E-state index contributed by atoms with van der Waals surface area (Å²) in [6, 6.07) is 6.38. The number of rotatable bonds is 4. The molecular formula is C14H18IN3. The predicted octanol–water partition coefficient (Wildman–Crippen LogP) is 4.20. The lowest BCUT2D eigenvalue weighted by atomic mass is 10.2. The first-order valence-corrected chi connectivity index (χ1v) is 7.18. The van der Waals surface area contributed by atoms with Gasteiger partial charge >= 0.3 is 0 Å². The predicted molar refractivity (Wildman–Crippen MR) is 84.2 cm³/mol. The standard InChI is InChI=1S/C14H18IN3/c1-10(2)9-18-7-6-16-14(18)17-13-8-12(15)5-4-11(13)3/h4-8,10H,9H2,1-3H3,(H,16,17). The number of hydrogen-bond donors (Lipinski definition) is 1. The van der Waals surface area contributed by atoms with Gasteiger partial charge in [-0.3, -0.25) is 0 Å². The highest BCUT2D eigenvalue weighted by Gasteiger charge is 2.06. The van der Waals surface area contributed by atoms with E-state index in [4.69, 9.17) is 0 Å². The van der Waals surface area contributed by atoms with Crippen molar-refractivity contribution in [3.05, 3.63) is 39.7 Å². The molecule has 0 aliphatic heterocycles. The second-order valence-corrected chi connectivity index (χ2v) is 6.13. The highest BCUT2D eigenvalue weighted by molar-refractivity contribution is 14.1. The van der Waals surface area contributed by atoms with Crippen LogP contribution in [0.15, 0.2) is 30.6 Å². The van der Waals surface area contributed by atoms with Crippen molar-refractivity contribution in [3.8, 4) is 0 Å². The molecule has 0 spiro atoms. The molecular weight excluding hydrogens is 337 g/mol. The lowest BCUT2D eigenvalue weighted by Crippen LogP contribution is -2.08. The summed E-state index contributed by atoms with van der Waals surface area (Å²) in [6.45, 7) is 7.50. The smallest absolute Gasteiger partial charge is 0.207 e. The molecule has 4 heteroatoms. The van der Waals surface area contributed by atoms with Gasteiger partial charge in [0.2, 0.25) is 5.95 Å². The Morgan fingerprint density at radius 2 is 2.17 bits per heavy atom. The first-order valence-electron chi connectivity index (χ1n) is 6.10. The van der Waals surface area contributed by atoms with Crippen molar-refractivity contribution in [3.63, 3.8) is 0 Å². The molecule has 2 aromatic rings. The maximum absolute atomic E-state index is 4.38. The number of hydrogen-bond acceptors (Lipinski definition) is 2. The fraction of sp³-hybridized carbons (Fsp3) is 0.357. The summed E-state index contributed by atoms with van der Waals surface area (Å²) in [7, 11) is 0. The van der Waals surface area contributed by atoms with Gasteiger partial charge in [0.1, 0.15) is 0 Å². The highest BCUT2D eigenvalue weighted by Crippen LogP contribution is 2.22. The maximum Gasteiger partial charge on any atom is 0.207 e. The number of benzene rings is 1. The van der Waals surface area contributed by atoms with Gasteiger partial charge in [0.15, 0.2) is 0 Å². The van der Waals surface area contributed by atoms with Crippen LogP contribution in [-0.4, -0.2) is 9.55 Å². The molecule has 0 saturated heterocycles. The Morgan fingerprint density at radius 3 is 2.89 bits per heavy atom. The van der Waals surface area contributed by atoms with Crippen LogP contribution in [0.25, 0.3) is 0 Å². The normalized spacial score (nSPS) is 10.9. The van der Waals surface area contributed by atoms with Crippen molar-refractivity contribution in [2.75, 3.05) is 5.32 Å². The molecule has 2 rings (SSSR count). The minimum atomic E-state index is 0.608. The Labute approximate surface area is 122 Å². The van der Waals surface area contributed by atoms with E-state index in [1.807, 2.05) is 12.4 Å². The number of nitrogens with one attached hydrogen (secondary N) is 1. The van der Waals surface area contributed by atoms with Gasteiger partial charge in [-0.1, -0.05) is 19.9 Å². The van der Waals surface area contributed by atoms with Crippen molar-refractivity contribution in [2.24, 2.45) is 5.92 Å². The summed E-state index contributed by atoms with van der Waals surface area (Å²) in [4.78, 5) is 4.38. The van der Waals surface area contributed by atoms with Crippen molar-refractivity contribution in [2.45, 2.75) is 27.3 Å². The van der Waals surface area contributed by atoms with Gasteiger partial charge < -0.3 is 9.88 Å². The van der Waals surface area contributed by atoms with Gasteiger partial charge in [0, 0.05) is 28.2 Å². The van der Waals surface area contributed by atoms with Crippen molar-refractivity contribution in [1.82, 2.24) is 9.55 Å². The maximum atomic E-state index is 4.38. The Kier molecular flexibility index (Phi) is 4.27. The minimum Gasteiger partial charge on any atom is -0.325 e. The zero-order chi connectivity index (χ0) is 13.1. The third-order valence-electron chi connectivity index (χ3n) is 2.72. The summed E-state index contributed by atoms with van der Waals surface area (Å²) in [5.74, 6) is 1.52. The minimum absolute atomic E-state index is 0.608. The summed E-state index contributed by atoms with van der Waals surface area (Å²) in [5, 5.41) is 3.41. The van der Waals surface area contributed by atoms with Crippen molar-refractivity contribution in [1.29, 1.82) is 0 Å². The van der Waals surface area contributed by atoms with Crippen LogP contribution < -0.4 is 5.32 Å². The van der Waals surface area contributed by atoms with Crippen molar-refractivity contribution >= 4 is 34.2 Å². The molecule has 0 bridgehead atoms. The molecule has 1 aromatic heterocycles. The van der Waals surface area contributed by atoms with Gasteiger partial charge in [0.05, 0.1) is 0 Å². The van der Waals surface area contributed by atoms with Crippen LogP contribution in [0, 0.1) is 16.4 Å². The molecule has 0 unspecified atom stereocenters. The van der Waals surface area contributed by atoms with E-state index >= 15 is 0 Å². The van der Waals surface area contributed by atoms with Gasteiger partial charge in [0.25, 0.3) is 0 Å². The molecule has 0 radical (unpaired) electrons. The van der Waals surface area contributed by atoms with E-state index in [0.717, 1.165) is 18.2 Å². The van der Waals surface area contributed by atoms with E-state index in [9.17, 15) is 0 Å². The van der Waals surface area contributed by atoms with Crippen LogP contribution in [-0.2, 0) is 6.54 Å². The Bertz CT molecular complexity index is 532. The molecule has 1 heterocycles. The van der Waals surface area contributed by atoms with Crippen LogP contribution >= 0.6 is 22.6 Å². The second-order valence-electron chi connectivity index (χ2n) is 4.88. The van der Waals surface area contributed by atoms with E-state index in [2.05, 4.69) is 76.4 Å². The van der Waals surface area contributed by atoms with E-state index in [0.29, 0.717) is 5.92 Å². The van der Waals surface area contributed by atoms with Crippen LogP contribution in [0.3, 0.4) is 0 Å². The summed E-state index contributed by atoms with van der Waals surface area (Å²) < 4.78 is 3.38. The lowest BCUT2D eigenvalue weighted by molar-refractivity contribution is 0.527. The fourth-order valence-corrected chi connectivity index (χ4v) is 2.31. The van der Waals surface area contributed by atoms with Gasteiger partial charge in [-0.15, -0.1) is 0 Å². The van der Waals surface area contributed by atoms with Crippen LogP contribution in [0.5, 0.6) is 0 Å². The number of aryl methyl sites for hydroxylation is 1. The van der Waals surface area contributed by atoms with E-state index in [1.54, 1.807) is 0 Å². The molecule has 1 aromatic carbocycles. The van der Waals surface area contributed by atoms with E-state index in [1.165, 1.54) is 9.13 Å². The second kappa shape index (κ2) is 5.73. The quantitative estimate of drug-likeness (QED) is 0.834. The van der Waals surface area contributed by atoms with E-state index in [-0.39, 0.29) is 0 Å². The third kappa shape index (κ3) is 3.25. The molecule has 96 valence electrons. The number of anilines is 2. The first kappa shape index (κ1) is 13.4. The zero-order valence-corrected chi connectivity index (χ0v) is 13.1. The highest BCUT2D eigenvalue weighted by atomic mass is 127. The fourth-order valence-electron chi connectivity index (χ4n) is 1.82. The average Bonchev–Trinajstić information content (AvgIpc) is 2.70. The largest absolute Gasteiger partial charge is 0.325 e. The molecule has 0 saturated carbocycles. The summed E-state index contributed by atoms with van der Waals surface area (Å²) >= 11 is 2.32. The molecule has 0 fully saturated rings. The molecule has 0 atom stereocenters. The SMILES string of the molecule is Cc1ccc(I)cc1Nc1nccn1CC(C)C. The molecule has 3 nitrogen and oxygen atoms in total. The first-order chi connectivity index (χ1) is 8.56. The summed E-state index contributed by atoms with van der Waals surface area (Å²) in [6.07, 6.45) is 3.86. The Balaban J connectivity index is 2.23. The topological polar surface area (TPSA) is 29.9 Å². The Morgan fingerprint density at radius 1 is 1.39 bits per heavy atom. The molecule has 18 heavy (non-hydrogen) atoms. The van der Waals surface area contributed by atoms with Gasteiger partial charge in [-0.2, -0.15) is 0 Å². The third-order valence-corrected chi connectivity index (χ3v) is 3.39. The molecule has 0 amide bonds. The average molecular weight is 355 g/mol. The number of imidazole rings is 1. The van der Waals surface area contributed by atoms with Crippen molar-refractivity contribution < 1.29 is 0 Å². The summed E-state index contributed by atoms with van der Waals surface area (Å²) in [5.41, 5.74) is 2.35. The zero-order valence-electron chi connectivity index (χ0n) is 10.9. The molecule has 0 aliphatic rings. The number of halogens is 1. The van der Waals surface area contributed by atoms with E-state index < -0.39 is 0 Å². The molecule has 0 aliphatic carbocycles. The van der Waals surface area contributed by atoms with Crippen LogP contribution in [0.4, 0.5) is 11.6 Å². The number of nitrogens with zero attached hydrogens (tertiary/aromatic N) is 2. The van der Waals surface area contributed by atoms with Crippen LogP contribution in [0.2, 0.25) is 0 Å². The van der Waals surface area contributed by atoms with Crippen LogP contribution in [0.1, 0.15) is 19.4 Å². The van der Waals surface area contributed by atoms with Gasteiger partial charge in [-0.25, -0.2) is 4.98 Å².